The van der Waals surface area contributed by atoms with Crippen LogP contribution in [-0.2, 0) is 0 Å². The maximum atomic E-state index is 6.19. The van der Waals surface area contributed by atoms with Crippen molar-refractivity contribution in [1.82, 2.24) is 24.9 Å². The largest absolute Gasteiger partial charge is 0.456 e. The van der Waals surface area contributed by atoms with Crippen LogP contribution in [0.5, 0.6) is 0 Å². The number of pyridine rings is 2. The third kappa shape index (κ3) is 4.53. The Labute approximate surface area is 280 Å². The summed E-state index contributed by atoms with van der Waals surface area (Å²) in [6, 6.07) is 47.7. The third-order valence-electron chi connectivity index (χ3n) is 9.23. The van der Waals surface area contributed by atoms with Crippen LogP contribution in [0, 0.1) is 0 Å². The Kier molecular flexibility index (Phi) is 6.08. The first-order valence-corrected chi connectivity index (χ1v) is 16.2. The average molecular weight is 628 g/mol. The van der Waals surface area contributed by atoms with E-state index in [9.17, 15) is 0 Å². The number of benzene rings is 6. The Morgan fingerprint density at radius 3 is 1.92 bits per heavy atom. The molecule has 0 radical (unpaired) electrons. The fourth-order valence-electron chi connectivity index (χ4n) is 6.85. The summed E-state index contributed by atoms with van der Waals surface area (Å²) in [6.45, 7) is 0. The fourth-order valence-corrected chi connectivity index (χ4v) is 6.85. The molecule has 6 heteroatoms. The molecule has 0 N–H and O–H groups in total. The first-order valence-electron chi connectivity index (χ1n) is 16.2. The highest BCUT2D eigenvalue weighted by atomic mass is 16.3. The fraction of sp³-hybridized carbons (Fsp3) is 0. The molecule has 0 atom stereocenters. The van der Waals surface area contributed by atoms with Gasteiger partial charge in [-0.3, -0.25) is 9.97 Å². The highest BCUT2D eigenvalue weighted by molar-refractivity contribution is 6.17. The van der Waals surface area contributed by atoms with Crippen molar-refractivity contribution in [2.75, 3.05) is 0 Å². The van der Waals surface area contributed by atoms with E-state index < -0.39 is 0 Å². The molecule has 0 spiro atoms. The summed E-state index contributed by atoms with van der Waals surface area (Å²) in [5.41, 5.74) is 5.75. The number of para-hydroxylation sites is 1. The number of rotatable bonds is 4. The average Bonchev–Trinajstić information content (AvgIpc) is 3.57. The van der Waals surface area contributed by atoms with Crippen LogP contribution in [0.1, 0.15) is 0 Å². The van der Waals surface area contributed by atoms with Crippen LogP contribution in [0.3, 0.4) is 0 Å². The van der Waals surface area contributed by atoms with Crippen LogP contribution >= 0.6 is 0 Å². The number of aromatic nitrogens is 5. The number of furan rings is 1. The van der Waals surface area contributed by atoms with Gasteiger partial charge in [0, 0.05) is 34.5 Å². The topological polar surface area (TPSA) is 77.6 Å². The Hall–Kier alpha value is -6.79. The predicted octanol–water partition coefficient (Wildman–Crippen LogP) is 10.7. The van der Waals surface area contributed by atoms with Gasteiger partial charge in [-0.1, -0.05) is 109 Å². The second kappa shape index (κ2) is 10.9. The molecule has 49 heavy (non-hydrogen) atoms. The van der Waals surface area contributed by atoms with Crippen LogP contribution in [-0.4, -0.2) is 24.9 Å². The van der Waals surface area contributed by atoms with Crippen molar-refractivity contribution in [3.05, 3.63) is 152 Å². The van der Waals surface area contributed by atoms with Gasteiger partial charge in [-0.2, -0.15) is 0 Å². The molecule has 0 amide bonds. The number of hydrogen-bond donors (Lipinski definition) is 0. The van der Waals surface area contributed by atoms with Crippen LogP contribution in [0.4, 0.5) is 0 Å². The van der Waals surface area contributed by atoms with Crippen LogP contribution in [0.25, 0.3) is 99.8 Å². The van der Waals surface area contributed by atoms with E-state index in [1.54, 1.807) is 6.20 Å². The van der Waals surface area contributed by atoms with Gasteiger partial charge in [0.25, 0.3) is 0 Å². The zero-order valence-corrected chi connectivity index (χ0v) is 26.1. The van der Waals surface area contributed by atoms with E-state index in [0.29, 0.717) is 23.2 Å². The Morgan fingerprint density at radius 1 is 0.408 bits per heavy atom. The van der Waals surface area contributed by atoms with E-state index in [4.69, 9.17) is 29.3 Å². The first-order chi connectivity index (χ1) is 24.3. The van der Waals surface area contributed by atoms with Crippen molar-refractivity contribution in [1.29, 1.82) is 0 Å². The molecule has 0 unspecified atom stereocenters. The lowest BCUT2D eigenvalue weighted by molar-refractivity contribution is 0.668. The molecule has 228 valence electrons. The van der Waals surface area contributed by atoms with E-state index in [2.05, 4.69) is 66.7 Å². The Morgan fingerprint density at radius 2 is 1.08 bits per heavy atom. The minimum absolute atomic E-state index is 0.467. The summed E-state index contributed by atoms with van der Waals surface area (Å²) >= 11 is 0. The Bertz CT molecular complexity index is 2880. The maximum absolute atomic E-state index is 6.19. The molecule has 0 saturated carbocycles. The second-order valence-electron chi connectivity index (χ2n) is 12.1. The molecule has 0 bridgehead atoms. The Balaban J connectivity index is 1.17. The number of fused-ring (bicyclic) bond motifs is 8. The number of hydrogen-bond acceptors (Lipinski definition) is 6. The molecule has 0 aliphatic carbocycles. The highest BCUT2D eigenvalue weighted by Gasteiger charge is 2.19. The molecule has 10 aromatic rings. The minimum atomic E-state index is 0.467. The first kappa shape index (κ1) is 27.3. The smallest absolute Gasteiger partial charge is 0.183 e. The van der Waals surface area contributed by atoms with Crippen molar-refractivity contribution in [2.24, 2.45) is 0 Å². The summed E-state index contributed by atoms with van der Waals surface area (Å²) < 4.78 is 6.19. The highest BCUT2D eigenvalue weighted by Crippen LogP contribution is 2.37. The lowest BCUT2D eigenvalue weighted by Gasteiger charge is -2.11. The lowest BCUT2D eigenvalue weighted by atomic mass is 9.96. The van der Waals surface area contributed by atoms with Crippen LogP contribution < -0.4 is 0 Å². The van der Waals surface area contributed by atoms with Gasteiger partial charge in [0.1, 0.15) is 16.9 Å². The van der Waals surface area contributed by atoms with Crippen LogP contribution in [0.15, 0.2) is 156 Å². The molecular formula is C43H25N5O. The van der Waals surface area contributed by atoms with E-state index in [1.807, 2.05) is 79.0 Å². The molecule has 0 aliphatic rings. The van der Waals surface area contributed by atoms with E-state index >= 15 is 0 Å². The molecule has 6 nitrogen and oxygen atoms in total. The van der Waals surface area contributed by atoms with Crippen molar-refractivity contribution in [3.63, 3.8) is 0 Å². The molecule has 0 fully saturated rings. The molecule has 10 rings (SSSR count). The summed E-state index contributed by atoms with van der Waals surface area (Å²) in [4.78, 5) is 24.7. The molecular weight excluding hydrogens is 603 g/mol. The zero-order valence-electron chi connectivity index (χ0n) is 26.1. The van der Waals surface area contributed by atoms with Crippen molar-refractivity contribution in [2.45, 2.75) is 0 Å². The monoisotopic (exact) mass is 627 g/mol. The molecule has 0 aliphatic heterocycles. The molecule has 4 aromatic heterocycles. The van der Waals surface area contributed by atoms with Gasteiger partial charge in [-0.05, 0) is 62.6 Å². The van der Waals surface area contributed by atoms with Gasteiger partial charge >= 0.3 is 0 Å². The summed E-state index contributed by atoms with van der Waals surface area (Å²) in [6.07, 6.45) is 3.56. The molecule has 0 saturated heterocycles. The molecule has 4 heterocycles. The standard InChI is InChI=1S/C43H25N5O/c1-2-9-27(10-3-1)36-21-17-30(25-45-36)42-46-41(47-43(48-42)40-39-35-12-6-7-13-37(35)49-38(39)22-23-44-40)29-16-18-32-28(24-29)15-20-33-31-11-5-4-8-26(31)14-19-34(32)33/h1-25H. The van der Waals surface area contributed by atoms with Crippen molar-refractivity contribution >= 4 is 54.3 Å². The lowest BCUT2D eigenvalue weighted by Crippen LogP contribution is -2.02. The molecule has 6 aromatic carbocycles. The minimum Gasteiger partial charge on any atom is -0.456 e. The van der Waals surface area contributed by atoms with Gasteiger partial charge < -0.3 is 4.42 Å². The summed E-state index contributed by atoms with van der Waals surface area (Å²) in [7, 11) is 0. The summed E-state index contributed by atoms with van der Waals surface area (Å²) in [5, 5.41) is 9.05. The van der Waals surface area contributed by atoms with Gasteiger partial charge in [0.2, 0.25) is 0 Å². The predicted molar refractivity (Wildman–Crippen MR) is 197 cm³/mol. The number of nitrogens with zero attached hydrogens (tertiary/aromatic N) is 5. The second-order valence-corrected chi connectivity index (χ2v) is 12.1. The van der Waals surface area contributed by atoms with E-state index in [0.717, 1.165) is 49.7 Å². The van der Waals surface area contributed by atoms with Gasteiger partial charge in [0.05, 0.1) is 11.1 Å². The maximum Gasteiger partial charge on any atom is 0.183 e. The van der Waals surface area contributed by atoms with Gasteiger partial charge in [-0.25, -0.2) is 15.0 Å². The SMILES string of the molecule is c1ccc(-c2ccc(-c3nc(-c4ccc5c(ccc6c7ccccc7ccc56)c4)nc(-c4nccc5oc6ccccc6c45)n3)cn2)cc1. The third-order valence-corrected chi connectivity index (χ3v) is 9.23. The van der Waals surface area contributed by atoms with Gasteiger partial charge in [0.15, 0.2) is 17.5 Å². The van der Waals surface area contributed by atoms with Crippen molar-refractivity contribution < 1.29 is 4.42 Å². The van der Waals surface area contributed by atoms with Crippen LogP contribution in [0.2, 0.25) is 0 Å². The van der Waals surface area contributed by atoms with Crippen molar-refractivity contribution in [3.8, 4) is 45.6 Å². The quantitative estimate of drug-likeness (QED) is 0.181. The van der Waals surface area contributed by atoms with E-state index in [-0.39, 0.29) is 0 Å². The zero-order chi connectivity index (χ0) is 32.3. The van der Waals surface area contributed by atoms with E-state index in [1.165, 1.54) is 26.9 Å². The normalized spacial score (nSPS) is 11.7. The van der Waals surface area contributed by atoms with Gasteiger partial charge in [-0.15, -0.1) is 0 Å². The summed E-state index contributed by atoms with van der Waals surface area (Å²) in [5.74, 6) is 1.54.